The van der Waals surface area contributed by atoms with Gasteiger partial charge in [-0.3, -0.25) is 15.2 Å². The highest BCUT2D eigenvalue weighted by molar-refractivity contribution is 6.04. The molecule has 0 spiro atoms. The topological polar surface area (TPSA) is 109 Å². The van der Waals surface area contributed by atoms with Crippen LogP contribution in [0.4, 0.5) is 5.95 Å². The SMILES string of the molecule is O=C(Nc1ncn[nH]1)c1[nH]nc2c1COc1ccccc1-2. The van der Waals surface area contributed by atoms with Crippen LogP contribution in [0.5, 0.6) is 5.75 Å². The number of fused-ring (bicyclic) bond motifs is 3. The smallest absolute Gasteiger partial charge is 0.276 e. The van der Waals surface area contributed by atoms with Crippen LogP contribution in [0.2, 0.25) is 0 Å². The highest BCUT2D eigenvalue weighted by Crippen LogP contribution is 2.36. The Hall–Kier alpha value is -3.16. The molecule has 1 aliphatic heterocycles. The van der Waals surface area contributed by atoms with Crippen LogP contribution < -0.4 is 10.1 Å². The molecule has 0 saturated carbocycles. The molecule has 1 aliphatic rings. The van der Waals surface area contributed by atoms with Gasteiger partial charge in [0.25, 0.3) is 5.91 Å². The Morgan fingerprint density at radius 2 is 2.19 bits per heavy atom. The molecule has 3 heterocycles. The van der Waals surface area contributed by atoms with E-state index in [4.69, 9.17) is 4.74 Å². The van der Waals surface area contributed by atoms with Gasteiger partial charge in [0.1, 0.15) is 30.1 Å². The predicted octanol–water partition coefficient (Wildman–Crippen LogP) is 1.34. The van der Waals surface area contributed by atoms with E-state index in [0.717, 1.165) is 22.6 Å². The monoisotopic (exact) mass is 282 g/mol. The molecule has 2 aromatic heterocycles. The largest absolute Gasteiger partial charge is 0.488 e. The van der Waals surface area contributed by atoms with Gasteiger partial charge in [0.2, 0.25) is 5.95 Å². The molecule has 0 bridgehead atoms. The quantitative estimate of drug-likeness (QED) is 0.657. The number of nitrogens with one attached hydrogen (secondary N) is 3. The maximum Gasteiger partial charge on any atom is 0.276 e. The maximum absolute atomic E-state index is 12.2. The highest BCUT2D eigenvalue weighted by atomic mass is 16.5. The van der Waals surface area contributed by atoms with Crippen molar-refractivity contribution in [3.63, 3.8) is 0 Å². The Balaban J connectivity index is 1.71. The highest BCUT2D eigenvalue weighted by Gasteiger charge is 2.26. The summed E-state index contributed by atoms with van der Waals surface area (Å²) in [6.45, 7) is 0.294. The second kappa shape index (κ2) is 4.44. The molecule has 0 fully saturated rings. The summed E-state index contributed by atoms with van der Waals surface area (Å²) in [5.74, 6) is 0.697. The lowest BCUT2D eigenvalue weighted by Gasteiger charge is -2.16. The molecular weight excluding hydrogens is 272 g/mol. The van der Waals surface area contributed by atoms with Gasteiger partial charge in [-0.15, -0.1) is 0 Å². The molecule has 0 radical (unpaired) electrons. The summed E-state index contributed by atoms with van der Waals surface area (Å²) in [5.41, 5.74) is 2.69. The molecule has 4 rings (SSSR count). The third-order valence-electron chi connectivity index (χ3n) is 3.26. The minimum atomic E-state index is -0.344. The fraction of sp³-hybridized carbons (Fsp3) is 0.0769. The summed E-state index contributed by atoms with van der Waals surface area (Å²) in [7, 11) is 0. The van der Waals surface area contributed by atoms with E-state index in [1.54, 1.807) is 0 Å². The van der Waals surface area contributed by atoms with Crippen molar-refractivity contribution in [1.29, 1.82) is 0 Å². The Labute approximate surface area is 118 Å². The number of benzene rings is 1. The number of ether oxygens (including phenoxy) is 1. The van der Waals surface area contributed by atoms with Crippen LogP contribution in [0.15, 0.2) is 30.6 Å². The minimum Gasteiger partial charge on any atom is -0.488 e. The Kier molecular flexibility index (Phi) is 2.46. The molecule has 0 atom stereocenters. The molecule has 0 aliphatic carbocycles. The molecule has 1 amide bonds. The van der Waals surface area contributed by atoms with Gasteiger partial charge in [0, 0.05) is 11.1 Å². The predicted molar refractivity (Wildman–Crippen MR) is 72.7 cm³/mol. The fourth-order valence-corrected chi connectivity index (χ4v) is 2.29. The average molecular weight is 282 g/mol. The van der Waals surface area contributed by atoms with Crippen molar-refractivity contribution in [2.75, 3.05) is 5.32 Å². The summed E-state index contributed by atoms with van der Waals surface area (Å²) < 4.78 is 5.66. The third kappa shape index (κ3) is 1.84. The molecule has 3 N–H and O–H groups in total. The van der Waals surface area contributed by atoms with Gasteiger partial charge in [-0.2, -0.15) is 15.2 Å². The number of aromatic nitrogens is 5. The summed E-state index contributed by atoms with van der Waals surface area (Å²) >= 11 is 0. The first-order valence-electron chi connectivity index (χ1n) is 6.29. The molecule has 3 aromatic rings. The van der Waals surface area contributed by atoms with E-state index < -0.39 is 0 Å². The van der Waals surface area contributed by atoms with Crippen LogP contribution in [0.25, 0.3) is 11.3 Å². The van der Waals surface area contributed by atoms with Crippen molar-refractivity contribution in [3.8, 4) is 17.0 Å². The van der Waals surface area contributed by atoms with E-state index in [-0.39, 0.29) is 11.9 Å². The van der Waals surface area contributed by atoms with Crippen molar-refractivity contribution in [3.05, 3.63) is 41.9 Å². The maximum atomic E-state index is 12.2. The standard InChI is InChI=1S/C13H10N6O2/c20-12(16-13-14-6-15-19-13)11-8-5-21-9-4-2-1-3-7(9)10(8)17-18-11/h1-4,6H,5H2,(H,17,18)(H2,14,15,16,19,20). The first kappa shape index (κ1) is 11.6. The normalized spacial score (nSPS) is 12.2. The molecule has 1 aromatic carbocycles. The Morgan fingerprint density at radius 1 is 1.29 bits per heavy atom. The van der Waals surface area contributed by atoms with Gasteiger partial charge in [-0.05, 0) is 12.1 Å². The lowest BCUT2D eigenvalue weighted by Crippen LogP contribution is -2.17. The van der Waals surface area contributed by atoms with Crippen molar-refractivity contribution in [2.45, 2.75) is 6.61 Å². The van der Waals surface area contributed by atoms with Gasteiger partial charge in [-0.1, -0.05) is 12.1 Å². The third-order valence-corrected chi connectivity index (χ3v) is 3.26. The molecule has 104 valence electrons. The van der Waals surface area contributed by atoms with Crippen molar-refractivity contribution in [2.24, 2.45) is 0 Å². The second-order valence-corrected chi connectivity index (χ2v) is 4.50. The summed E-state index contributed by atoms with van der Waals surface area (Å²) in [4.78, 5) is 16.1. The number of carbonyl (C=O) groups is 1. The minimum absolute atomic E-state index is 0.278. The Morgan fingerprint density at radius 3 is 3.05 bits per heavy atom. The van der Waals surface area contributed by atoms with E-state index in [2.05, 4.69) is 30.7 Å². The van der Waals surface area contributed by atoms with Crippen LogP contribution in [0, 0.1) is 0 Å². The number of para-hydroxylation sites is 1. The number of anilines is 1. The number of carbonyl (C=O) groups excluding carboxylic acids is 1. The number of hydrogen-bond acceptors (Lipinski definition) is 5. The number of hydrogen-bond donors (Lipinski definition) is 3. The van der Waals surface area contributed by atoms with Crippen LogP contribution in [0.1, 0.15) is 16.1 Å². The molecule has 0 saturated heterocycles. The zero-order valence-corrected chi connectivity index (χ0v) is 10.8. The number of rotatable bonds is 2. The molecule has 0 unspecified atom stereocenters. The molecule has 8 heteroatoms. The second-order valence-electron chi connectivity index (χ2n) is 4.50. The van der Waals surface area contributed by atoms with Gasteiger partial charge >= 0.3 is 0 Å². The molecule has 8 nitrogen and oxygen atoms in total. The van der Waals surface area contributed by atoms with Gasteiger partial charge in [0.15, 0.2) is 0 Å². The molecule has 21 heavy (non-hydrogen) atoms. The summed E-state index contributed by atoms with van der Waals surface area (Å²) in [6, 6.07) is 7.59. The first-order valence-corrected chi connectivity index (χ1v) is 6.29. The van der Waals surface area contributed by atoms with Gasteiger partial charge in [-0.25, -0.2) is 5.10 Å². The first-order chi connectivity index (χ1) is 10.3. The fourth-order valence-electron chi connectivity index (χ4n) is 2.29. The number of aromatic amines is 2. The van der Waals surface area contributed by atoms with E-state index in [0.29, 0.717) is 12.3 Å². The van der Waals surface area contributed by atoms with E-state index >= 15 is 0 Å². The van der Waals surface area contributed by atoms with Crippen LogP contribution in [-0.2, 0) is 6.61 Å². The molecular formula is C13H10N6O2. The number of amides is 1. The van der Waals surface area contributed by atoms with E-state index in [9.17, 15) is 4.79 Å². The summed E-state index contributed by atoms with van der Waals surface area (Å²) in [5, 5.41) is 15.8. The van der Waals surface area contributed by atoms with E-state index in [1.165, 1.54) is 6.33 Å². The Bertz CT molecular complexity index is 808. The summed E-state index contributed by atoms with van der Waals surface area (Å²) in [6.07, 6.45) is 1.32. The van der Waals surface area contributed by atoms with Crippen LogP contribution in [-0.4, -0.2) is 31.3 Å². The zero-order valence-electron chi connectivity index (χ0n) is 10.8. The van der Waals surface area contributed by atoms with Gasteiger partial charge in [0.05, 0.1) is 0 Å². The van der Waals surface area contributed by atoms with Crippen molar-refractivity contribution < 1.29 is 9.53 Å². The van der Waals surface area contributed by atoms with Crippen LogP contribution in [0.3, 0.4) is 0 Å². The number of H-pyrrole nitrogens is 2. The van der Waals surface area contributed by atoms with E-state index in [1.807, 2.05) is 24.3 Å². The lowest BCUT2D eigenvalue weighted by molar-refractivity contribution is 0.101. The van der Waals surface area contributed by atoms with Crippen LogP contribution >= 0.6 is 0 Å². The van der Waals surface area contributed by atoms with Gasteiger partial charge < -0.3 is 4.74 Å². The number of nitrogens with zero attached hydrogens (tertiary/aromatic N) is 3. The average Bonchev–Trinajstić information content (AvgIpc) is 3.15. The zero-order chi connectivity index (χ0) is 14.2. The van der Waals surface area contributed by atoms with Crippen molar-refractivity contribution >= 4 is 11.9 Å². The lowest BCUT2D eigenvalue weighted by atomic mass is 10.0. The van der Waals surface area contributed by atoms with Crippen molar-refractivity contribution in [1.82, 2.24) is 25.4 Å².